The second-order valence-corrected chi connectivity index (χ2v) is 4.87. The van der Waals surface area contributed by atoms with Crippen LogP contribution in [0.5, 0.6) is 0 Å². The van der Waals surface area contributed by atoms with Crippen molar-refractivity contribution in [2.45, 2.75) is 20.8 Å². The Morgan fingerprint density at radius 3 is 2.39 bits per heavy atom. The number of allylic oxidation sites excluding steroid dienone is 1. The van der Waals surface area contributed by atoms with Gasteiger partial charge < -0.3 is 0 Å². The normalized spacial score (nSPS) is 13.7. The van der Waals surface area contributed by atoms with Crippen molar-refractivity contribution in [2.24, 2.45) is 0 Å². The highest BCUT2D eigenvalue weighted by Gasteiger charge is 2.26. The largest absolute Gasteiger partial charge is 0.281 e. The zero-order valence-corrected chi connectivity index (χ0v) is 10.8. The Balaban J connectivity index is 2.19. The van der Waals surface area contributed by atoms with Gasteiger partial charge in [0, 0.05) is 11.3 Å². The first-order valence-electron chi connectivity index (χ1n) is 6.11. The Bertz CT molecular complexity index is 689. The van der Waals surface area contributed by atoms with Crippen molar-refractivity contribution in [1.29, 1.82) is 0 Å². The topological polar surface area (TPSA) is 22.0 Å². The van der Waals surface area contributed by atoms with Crippen molar-refractivity contribution in [3.8, 4) is 0 Å². The third kappa shape index (κ3) is 1.39. The number of nitrogens with zero attached hydrogens (tertiary/aromatic N) is 1. The molecule has 1 aliphatic heterocycles. The molecule has 0 N–H and O–H groups in total. The summed E-state index contributed by atoms with van der Waals surface area (Å²) in [6, 6.07) is 10.1. The number of hydrogen-bond acceptors (Lipinski definition) is 1. The van der Waals surface area contributed by atoms with Gasteiger partial charge in [-0.3, -0.25) is 9.36 Å². The van der Waals surface area contributed by atoms with Crippen molar-refractivity contribution >= 4 is 17.6 Å². The SMILES string of the molecule is Cc1ccccc1C1=Cc2c(C)cc(C)n2C1=O. The summed E-state index contributed by atoms with van der Waals surface area (Å²) in [5.41, 5.74) is 6.16. The van der Waals surface area contributed by atoms with E-state index in [0.29, 0.717) is 0 Å². The molecule has 0 radical (unpaired) electrons. The lowest BCUT2D eigenvalue weighted by Crippen LogP contribution is -2.10. The maximum atomic E-state index is 12.5. The molecule has 0 unspecified atom stereocenters. The fraction of sp³-hybridized carbons (Fsp3) is 0.188. The number of benzene rings is 1. The van der Waals surface area contributed by atoms with E-state index >= 15 is 0 Å². The summed E-state index contributed by atoms with van der Waals surface area (Å²) < 4.78 is 1.80. The van der Waals surface area contributed by atoms with Crippen LogP contribution in [0.15, 0.2) is 30.3 Å². The molecule has 1 aromatic heterocycles. The van der Waals surface area contributed by atoms with Crippen LogP contribution in [0.3, 0.4) is 0 Å². The van der Waals surface area contributed by atoms with Crippen LogP contribution in [0.2, 0.25) is 0 Å². The van der Waals surface area contributed by atoms with Gasteiger partial charge in [0.2, 0.25) is 0 Å². The molecule has 1 aromatic carbocycles. The van der Waals surface area contributed by atoms with Crippen molar-refractivity contribution in [1.82, 2.24) is 4.57 Å². The second kappa shape index (κ2) is 3.70. The average Bonchev–Trinajstić information content (AvgIpc) is 2.80. The highest BCUT2D eigenvalue weighted by atomic mass is 16.2. The molecule has 0 saturated heterocycles. The van der Waals surface area contributed by atoms with Gasteiger partial charge in [-0.25, -0.2) is 0 Å². The predicted octanol–water partition coefficient (Wildman–Crippen LogP) is 3.61. The molecule has 0 aliphatic carbocycles. The highest BCUT2D eigenvalue weighted by Crippen LogP contribution is 2.32. The van der Waals surface area contributed by atoms with Crippen LogP contribution in [-0.2, 0) is 0 Å². The molecule has 0 atom stereocenters. The zero-order valence-electron chi connectivity index (χ0n) is 10.8. The first kappa shape index (κ1) is 11.0. The summed E-state index contributed by atoms with van der Waals surface area (Å²) >= 11 is 0. The summed E-state index contributed by atoms with van der Waals surface area (Å²) in [5.74, 6) is 0.0879. The quantitative estimate of drug-likeness (QED) is 0.742. The molecule has 90 valence electrons. The van der Waals surface area contributed by atoms with Crippen LogP contribution in [0, 0.1) is 20.8 Å². The van der Waals surface area contributed by atoms with E-state index in [-0.39, 0.29) is 5.91 Å². The van der Waals surface area contributed by atoms with E-state index in [1.165, 1.54) is 0 Å². The lowest BCUT2D eigenvalue weighted by Gasteiger charge is -2.06. The zero-order chi connectivity index (χ0) is 12.9. The maximum absolute atomic E-state index is 12.5. The Morgan fingerprint density at radius 1 is 1.00 bits per heavy atom. The van der Waals surface area contributed by atoms with Crippen LogP contribution < -0.4 is 0 Å². The van der Waals surface area contributed by atoms with Gasteiger partial charge in [0.15, 0.2) is 0 Å². The van der Waals surface area contributed by atoms with Crippen LogP contribution in [0.25, 0.3) is 11.6 Å². The van der Waals surface area contributed by atoms with Gasteiger partial charge in [0.05, 0.1) is 5.69 Å². The van der Waals surface area contributed by atoms with Gasteiger partial charge in [-0.05, 0) is 49.6 Å². The molecule has 18 heavy (non-hydrogen) atoms. The molecule has 0 bridgehead atoms. The van der Waals surface area contributed by atoms with E-state index in [0.717, 1.165) is 33.7 Å². The number of fused-ring (bicyclic) bond motifs is 1. The molecule has 0 spiro atoms. The van der Waals surface area contributed by atoms with E-state index in [9.17, 15) is 4.79 Å². The molecule has 2 aromatic rings. The molecule has 0 saturated carbocycles. The molecule has 2 heteroatoms. The number of aryl methyl sites for hydroxylation is 3. The van der Waals surface area contributed by atoms with Crippen molar-refractivity contribution in [3.05, 3.63) is 58.4 Å². The molecule has 2 heterocycles. The first-order valence-corrected chi connectivity index (χ1v) is 6.11. The molecule has 1 aliphatic rings. The number of carbonyl (C=O) groups excluding carboxylic acids is 1. The second-order valence-electron chi connectivity index (χ2n) is 4.87. The third-order valence-corrected chi connectivity index (χ3v) is 3.57. The summed E-state index contributed by atoms with van der Waals surface area (Å²) in [5, 5.41) is 0. The number of carbonyl (C=O) groups is 1. The van der Waals surface area contributed by atoms with Gasteiger partial charge in [-0.1, -0.05) is 24.3 Å². The van der Waals surface area contributed by atoms with E-state index in [1.807, 2.05) is 51.1 Å². The number of hydrogen-bond donors (Lipinski definition) is 0. The van der Waals surface area contributed by atoms with E-state index in [4.69, 9.17) is 0 Å². The fourth-order valence-electron chi connectivity index (χ4n) is 2.65. The summed E-state index contributed by atoms with van der Waals surface area (Å²) in [6.45, 7) is 6.06. The van der Waals surface area contributed by atoms with Crippen LogP contribution in [0.4, 0.5) is 0 Å². The monoisotopic (exact) mass is 237 g/mol. The highest BCUT2D eigenvalue weighted by molar-refractivity contribution is 6.29. The van der Waals surface area contributed by atoms with Crippen LogP contribution in [0.1, 0.15) is 32.9 Å². The Morgan fingerprint density at radius 2 is 1.72 bits per heavy atom. The Kier molecular flexibility index (Phi) is 2.27. The van der Waals surface area contributed by atoms with Crippen molar-refractivity contribution < 1.29 is 4.79 Å². The standard InChI is InChI=1S/C16H15NO/c1-10-6-4-5-7-13(10)14-9-15-11(2)8-12(3)17(15)16(14)18/h4-9H,1-3H3. The molecular formula is C16H15NO. The van der Waals surface area contributed by atoms with Crippen molar-refractivity contribution in [3.63, 3.8) is 0 Å². The molecule has 0 fully saturated rings. The van der Waals surface area contributed by atoms with E-state index in [1.54, 1.807) is 4.57 Å². The Labute approximate surface area is 107 Å². The number of rotatable bonds is 1. The molecule has 3 rings (SSSR count). The summed E-state index contributed by atoms with van der Waals surface area (Å²) in [6.07, 6.45) is 2.01. The van der Waals surface area contributed by atoms with Crippen LogP contribution in [-0.4, -0.2) is 10.5 Å². The molecule has 2 nitrogen and oxygen atoms in total. The van der Waals surface area contributed by atoms with Gasteiger partial charge >= 0.3 is 0 Å². The predicted molar refractivity (Wildman–Crippen MR) is 73.6 cm³/mol. The maximum Gasteiger partial charge on any atom is 0.263 e. The third-order valence-electron chi connectivity index (χ3n) is 3.57. The lowest BCUT2D eigenvalue weighted by molar-refractivity contribution is 0.0982. The summed E-state index contributed by atoms with van der Waals surface area (Å²) in [4.78, 5) is 12.5. The average molecular weight is 237 g/mol. The van der Waals surface area contributed by atoms with Gasteiger partial charge in [0.1, 0.15) is 0 Å². The van der Waals surface area contributed by atoms with Crippen molar-refractivity contribution in [2.75, 3.05) is 0 Å². The lowest BCUT2D eigenvalue weighted by atomic mass is 10.00. The van der Waals surface area contributed by atoms with Gasteiger partial charge in [0.25, 0.3) is 5.91 Å². The van der Waals surface area contributed by atoms with Crippen LogP contribution >= 0.6 is 0 Å². The van der Waals surface area contributed by atoms with E-state index < -0.39 is 0 Å². The van der Waals surface area contributed by atoms with E-state index in [2.05, 4.69) is 6.07 Å². The fourth-order valence-corrected chi connectivity index (χ4v) is 2.65. The molecule has 0 amide bonds. The summed E-state index contributed by atoms with van der Waals surface area (Å²) in [7, 11) is 0. The minimum absolute atomic E-state index is 0.0879. The minimum Gasteiger partial charge on any atom is -0.281 e. The first-order chi connectivity index (χ1) is 8.59. The van der Waals surface area contributed by atoms with Gasteiger partial charge in [-0.2, -0.15) is 0 Å². The minimum atomic E-state index is 0.0879. The smallest absolute Gasteiger partial charge is 0.263 e. The number of aromatic nitrogens is 1. The molecular weight excluding hydrogens is 222 g/mol. The Hall–Kier alpha value is -2.09. The van der Waals surface area contributed by atoms with Gasteiger partial charge in [-0.15, -0.1) is 0 Å².